The van der Waals surface area contributed by atoms with Gasteiger partial charge in [-0.25, -0.2) is 4.98 Å². The monoisotopic (exact) mass is 372 g/mol. The Morgan fingerprint density at radius 2 is 1.72 bits per heavy atom. The van der Waals surface area contributed by atoms with Crippen LogP contribution in [0, 0.1) is 0 Å². The van der Waals surface area contributed by atoms with Gasteiger partial charge in [0.15, 0.2) is 5.95 Å². The number of carbonyl (C=O) groups excluding carboxylic acids is 1. The second-order valence-corrected chi connectivity index (χ2v) is 6.76. The van der Waals surface area contributed by atoms with Gasteiger partial charge in [0.05, 0.1) is 6.20 Å². The lowest BCUT2D eigenvalue weighted by Gasteiger charge is -2.19. The molecule has 0 unspecified atom stereocenters. The Hall–Kier alpha value is -1.23. The molecule has 6 heteroatoms. The molecule has 0 saturated heterocycles. The van der Waals surface area contributed by atoms with E-state index in [-0.39, 0.29) is 18.3 Å². The number of anilines is 1. The van der Waals surface area contributed by atoms with E-state index in [4.69, 9.17) is 5.73 Å². The average molecular weight is 373 g/mol. The van der Waals surface area contributed by atoms with Crippen molar-refractivity contribution in [3.63, 3.8) is 0 Å². The molecule has 1 aromatic rings. The summed E-state index contributed by atoms with van der Waals surface area (Å²) in [6.07, 6.45) is 15.1. The number of aryl methyl sites for hydroxylation is 1. The number of carbonyl (C=O) groups is 1. The van der Waals surface area contributed by atoms with Crippen LogP contribution in [0.3, 0.4) is 0 Å². The fourth-order valence-electron chi connectivity index (χ4n) is 2.98. The van der Waals surface area contributed by atoms with Gasteiger partial charge in [-0.1, -0.05) is 65.2 Å². The summed E-state index contributed by atoms with van der Waals surface area (Å²) in [7, 11) is 0. The molecular formula is C19H37ClN4O. The number of imidazole rings is 1. The van der Waals surface area contributed by atoms with Crippen molar-refractivity contribution in [1.82, 2.24) is 15.3 Å². The third-order valence-electron chi connectivity index (χ3n) is 4.45. The Morgan fingerprint density at radius 3 is 2.20 bits per heavy atom. The first-order valence-corrected chi connectivity index (χ1v) is 9.74. The molecule has 146 valence electrons. The lowest BCUT2D eigenvalue weighted by Crippen LogP contribution is -2.35. The van der Waals surface area contributed by atoms with Crippen molar-refractivity contribution >= 4 is 24.3 Å². The number of H-pyrrole nitrogens is 1. The van der Waals surface area contributed by atoms with E-state index in [9.17, 15) is 4.79 Å². The summed E-state index contributed by atoms with van der Waals surface area (Å²) in [6.45, 7) is 4.46. The molecule has 0 aromatic carbocycles. The van der Waals surface area contributed by atoms with Crippen molar-refractivity contribution in [2.24, 2.45) is 0 Å². The smallest absolute Gasteiger partial charge is 0.220 e. The molecule has 0 radical (unpaired) electrons. The molecule has 0 spiro atoms. The van der Waals surface area contributed by atoms with Gasteiger partial charge in [0.25, 0.3) is 0 Å². The molecule has 0 aliphatic heterocycles. The van der Waals surface area contributed by atoms with E-state index >= 15 is 0 Å². The van der Waals surface area contributed by atoms with Gasteiger partial charge in [-0.15, -0.1) is 12.4 Å². The number of halogens is 1. The molecule has 5 nitrogen and oxygen atoms in total. The van der Waals surface area contributed by atoms with Crippen LogP contribution in [0.5, 0.6) is 0 Å². The highest BCUT2D eigenvalue weighted by molar-refractivity contribution is 5.85. The Morgan fingerprint density at radius 1 is 1.12 bits per heavy atom. The topological polar surface area (TPSA) is 83.8 Å². The van der Waals surface area contributed by atoms with E-state index in [0.29, 0.717) is 24.8 Å². The first-order valence-electron chi connectivity index (χ1n) is 9.74. The van der Waals surface area contributed by atoms with Gasteiger partial charge in [-0.2, -0.15) is 0 Å². The summed E-state index contributed by atoms with van der Waals surface area (Å²) >= 11 is 0. The quantitative estimate of drug-likeness (QED) is 0.411. The molecule has 0 saturated carbocycles. The summed E-state index contributed by atoms with van der Waals surface area (Å²) < 4.78 is 0. The van der Waals surface area contributed by atoms with Crippen molar-refractivity contribution < 1.29 is 4.79 Å². The van der Waals surface area contributed by atoms with Crippen LogP contribution in [0.25, 0.3) is 0 Å². The number of aromatic nitrogens is 2. The Balaban J connectivity index is 0.00000576. The zero-order valence-electron chi connectivity index (χ0n) is 16.0. The number of hydrogen-bond donors (Lipinski definition) is 3. The number of aromatic amines is 1. The Bertz CT molecular complexity index is 438. The first-order chi connectivity index (χ1) is 11.7. The van der Waals surface area contributed by atoms with Crippen molar-refractivity contribution in [2.75, 3.05) is 5.73 Å². The second kappa shape index (κ2) is 15.1. The van der Waals surface area contributed by atoms with Gasteiger partial charge < -0.3 is 16.0 Å². The van der Waals surface area contributed by atoms with Crippen LogP contribution in [0.15, 0.2) is 6.20 Å². The van der Waals surface area contributed by atoms with Crippen molar-refractivity contribution in [3.8, 4) is 0 Å². The van der Waals surface area contributed by atoms with Crippen LogP contribution in [0.4, 0.5) is 5.95 Å². The maximum absolute atomic E-state index is 12.2. The van der Waals surface area contributed by atoms with Gasteiger partial charge >= 0.3 is 0 Å². The zero-order chi connectivity index (χ0) is 17.6. The number of amides is 1. The van der Waals surface area contributed by atoms with Crippen molar-refractivity contribution in [1.29, 1.82) is 0 Å². The maximum atomic E-state index is 12.2. The van der Waals surface area contributed by atoms with E-state index < -0.39 is 0 Å². The molecule has 0 aliphatic rings. The van der Waals surface area contributed by atoms with Crippen LogP contribution in [0.2, 0.25) is 0 Å². The first kappa shape index (κ1) is 23.8. The van der Waals surface area contributed by atoms with E-state index in [1.165, 1.54) is 51.4 Å². The van der Waals surface area contributed by atoms with Crippen LogP contribution in [-0.4, -0.2) is 21.9 Å². The van der Waals surface area contributed by atoms with E-state index in [1.807, 2.05) is 0 Å². The van der Waals surface area contributed by atoms with Crippen LogP contribution in [0.1, 0.15) is 90.2 Å². The third kappa shape index (κ3) is 11.9. The summed E-state index contributed by atoms with van der Waals surface area (Å²) in [6, 6.07) is 0.332. The predicted molar refractivity (Wildman–Crippen MR) is 108 cm³/mol. The zero-order valence-corrected chi connectivity index (χ0v) is 16.8. The molecule has 1 rings (SSSR count). The molecular weight excluding hydrogens is 336 g/mol. The minimum absolute atomic E-state index is 0. The number of nitrogens with two attached hydrogens (primary N) is 1. The van der Waals surface area contributed by atoms with Gasteiger partial charge in [0, 0.05) is 18.2 Å². The predicted octanol–water partition coefficient (Wildman–Crippen LogP) is 4.77. The average Bonchev–Trinajstić information content (AvgIpc) is 2.99. The van der Waals surface area contributed by atoms with Crippen LogP contribution >= 0.6 is 12.4 Å². The number of nitrogens with zero attached hydrogens (tertiary/aromatic N) is 1. The molecule has 0 aliphatic carbocycles. The molecule has 0 fully saturated rings. The summed E-state index contributed by atoms with van der Waals surface area (Å²) in [5.41, 5.74) is 6.48. The number of unbranched alkanes of at least 4 members (excludes halogenated alkanes) is 6. The highest BCUT2D eigenvalue weighted by Crippen LogP contribution is 2.13. The van der Waals surface area contributed by atoms with Gasteiger partial charge in [-0.05, 0) is 19.3 Å². The van der Waals surface area contributed by atoms with Gasteiger partial charge in [0.1, 0.15) is 0 Å². The SMILES string of the molecule is CCCCCCC(CCCCCC)NC(=O)CCc1cnc(N)[nH]1.Cl. The number of rotatable bonds is 14. The molecule has 0 bridgehead atoms. The Labute approximate surface area is 159 Å². The summed E-state index contributed by atoms with van der Waals surface area (Å²) in [4.78, 5) is 19.2. The normalized spacial score (nSPS) is 10.7. The lowest BCUT2D eigenvalue weighted by atomic mass is 10.0. The minimum atomic E-state index is 0. The number of hydrogen-bond acceptors (Lipinski definition) is 3. The molecule has 4 N–H and O–H groups in total. The number of nitrogen functional groups attached to an aromatic ring is 1. The fourth-order valence-corrected chi connectivity index (χ4v) is 2.98. The van der Waals surface area contributed by atoms with Gasteiger partial charge in [0.2, 0.25) is 5.91 Å². The largest absolute Gasteiger partial charge is 0.369 e. The minimum Gasteiger partial charge on any atom is -0.369 e. The number of nitrogens with one attached hydrogen (secondary N) is 2. The third-order valence-corrected chi connectivity index (χ3v) is 4.45. The fraction of sp³-hybridized carbons (Fsp3) is 0.789. The molecule has 0 atom stereocenters. The van der Waals surface area contributed by atoms with Gasteiger partial charge in [-0.3, -0.25) is 4.79 Å². The second-order valence-electron chi connectivity index (χ2n) is 6.76. The van der Waals surface area contributed by atoms with Crippen LogP contribution < -0.4 is 11.1 Å². The highest BCUT2D eigenvalue weighted by Gasteiger charge is 2.12. The maximum Gasteiger partial charge on any atom is 0.220 e. The molecule has 25 heavy (non-hydrogen) atoms. The summed E-state index contributed by atoms with van der Waals surface area (Å²) in [5, 5.41) is 3.24. The van der Waals surface area contributed by atoms with E-state index in [0.717, 1.165) is 18.5 Å². The highest BCUT2D eigenvalue weighted by atomic mass is 35.5. The molecule has 1 aromatic heterocycles. The lowest BCUT2D eigenvalue weighted by molar-refractivity contribution is -0.121. The standard InChI is InChI=1S/C19H36N4O.ClH/c1-3-5-7-9-11-16(12-10-8-6-4-2)22-18(24)14-13-17-15-21-19(20)23-17;/h15-16H,3-14H2,1-2H3,(H,22,24)(H3,20,21,23);1H. The summed E-state index contributed by atoms with van der Waals surface area (Å²) in [5.74, 6) is 0.550. The Kier molecular flexibility index (Phi) is 14.3. The molecule has 1 amide bonds. The molecule has 1 heterocycles. The van der Waals surface area contributed by atoms with Crippen LogP contribution in [-0.2, 0) is 11.2 Å². The van der Waals surface area contributed by atoms with Crippen molar-refractivity contribution in [2.45, 2.75) is 96.9 Å². The van der Waals surface area contributed by atoms with Crippen molar-refractivity contribution in [3.05, 3.63) is 11.9 Å². The van der Waals surface area contributed by atoms with E-state index in [2.05, 4.69) is 29.1 Å². The van der Waals surface area contributed by atoms with E-state index in [1.54, 1.807) is 6.20 Å².